The topological polar surface area (TPSA) is 33.9 Å². The lowest BCUT2D eigenvalue weighted by Gasteiger charge is -2.17. The van der Waals surface area contributed by atoms with E-state index in [9.17, 15) is 5.11 Å². The van der Waals surface area contributed by atoms with Crippen molar-refractivity contribution in [2.75, 3.05) is 20.8 Å². The number of ether oxygens (including phenoxy) is 1. The van der Waals surface area contributed by atoms with E-state index >= 15 is 0 Å². The molecule has 1 rings (SSSR count). The van der Waals surface area contributed by atoms with Gasteiger partial charge in [0.1, 0.15) is 12.6 Å². The number of aliphatic hydroxyl groups excluding tert-OH is 1. The van der Waals surface area contributed by atoms with Crippen LogP contribution in [0.2, 0.25) is 0 Å². The zero-order valence-electron chi connectivity index (χ0n) is 11.3. The molecule has 0 fully saturated rings. The van der Waals surface area contributed by atoms with Gasteiger partial charge in [0, 0.05) is 23.3 Å². The van der Waals surface area contributed by atoms with E-state index in [-0.39, 0.29) is 0 Å². The minimum Gasteiger partial charge on any atom is -0.384 e. The van der Waals surface area contributed by atoms with Crippen molar-refractivity contribution < 1.29 is 14.7 Å². The van der Waals surface area contributed by atoms with Gasteiger partial charge in [0.05, 0.1) is 13.7 Å². The van der Waals surface area contributed by atoms with Gasteiger partial charge in [0.2, 0.25) is 0 Å². The van der Waals surface area contributed by atoms with E-state index in [1.165, 1.54) is 16.7 Å². The van der Waals surface area contributed by atoms with Gasteiger partial charge in [-0.3, -0.25) is 0 Å². The second-order valence-electron chi connectivity index (χ2n) is 4.64. The van der Waals surface area contributed by atoms with Gasteiger partial charge >= 0.3 is 0 Å². The summed E-state index contributed by atoms with van der Waals surface area (Å²) in [5, 5.41) is 11.4. The van der Waals surface area contributed by atoms with E-state index in [1.807, 2.05) is 13.6 Å². The third-order valence-corrected chi connectivity index (χ3v) is 4.01. The van der Waals surface area contributed by atoms with Gasteiger partial charge in [-0.15, -0.1) is 0 Å². The Morgan fingerprint density at radius 2 is 1.74 bits per heavy atom. The quantitative estimate of drug-likeness (QED) is 0.657. The maximum absolute atomic E-state index is 9.68. The molecule has 3 nitrogen and oxygen atoms in total. The van der Waals surface area contributed by atoms with Crippen molar-refractivity contribution in [2.45, 2.75) is 23.3 Å². The average molecular weight is 395 g/mol. The summed E-state index contributed by atoms with van der Waals surface area (Å²) in [4.78, 5) is 1.15. The molecule has 1 aromatic carbocycles. The molecule has 2 unspecified atom stereocenters. The summed E-state index contributed by atoms with van der Waals surface area (Å²) >= 11 is 6.99. The van der Waals surface area contributed by atoms with Crippen molar-refractivity contribution in [2.24, 2.45) is 0 Å². The Morgan fingerprint density at radius 3 is 2.21 bits per heavy atom. The molecule has 2 atom stereocenters. The van der Waals surface area contributed by atoms with Crippen LogP contribution in [-0.2, 0) is 21.9 Å². The number of aliphatic hydroxyl groups is 1. The summed E-state index contributed by atoms with van der Waals surface area (Å²) in [5.74, 6) is 0. The Kier molecular flexibility index (Phi) is 8.18. The number of rotatable bonds is 8. The van der Waals surface area contributed by atoms with Crippen molar-refractivity contribution in [1.82, 2.24) is 0 Å². The number of hydrogen-bond acceptors (Lipinski definition) is 2. The van der Waals surface area contributed by atoms with E-state index in [0.29, 0.717) is 6.61 Å². The molecule has 1 radical (unpaired) electrons. The predicted molar refractivity (Wildman–Crippen MR) is 84.5 cm³/mol. The van der Waals surface area contributed by atoms with E-state index in [2.05, 4.69) is 50.1 Å². The second-order valence-corrected chi connectivity index (χ2v) is 5.76. The van der Waals surface area contributed by atoms with Gasteiger partial charge in [-0.25, -0.2) is 0 Å². The molecule has 0 saturated carbocycles. The van der Waals surface area contributed by atoms with Crippen molar-refractivity contribution in [1.29, 1.82) is 0 Å². The predicted octanol–water partition coefficient (Wildman–Crippen LogP) is 1.66. The first-order chi connectivity index (χ1) is 9.08. The Bertz CT molecular complexity index is 365. The zero-order chi connectivity index (χ0) is 14.3. The Morgan fingerprint density at radius 1 is 1.21 bits per heavy atom. The van der Waals surface area contributed by atoms with Gasteiger partial charge in [-0.05, 0) is 23.3 Å². The van der Waals surface area contributed by atoms with E-state index in [1.54, 1.807) is 7.11 Å². The Balaban J connectivity index is 2.64. The van der Waals surface area contributed by atoms with E-state index < -0.39 is 6.10 Å². The van der Waals surface area contributed by atoms with Gasteiger partial charge < -0.3 is 14.7 Å². The fourth-order valence-electron chi connectivity index (χ4n) is 2.02. The monoisotopic (exact) mass is 393 g/mol. The summed E-state index contributed by atoms with van der Waals surface area (Å²) in [6, 6.07) is 6.58. The number of halogens is 2. The summed E-state index contributed by atoms with van der Waals surface area (Å²) in [5.41, 5.74) is 3.82. The molecular formula is C14H21Br2NO2+. The normalized spacial score (nSPS) is 14.4. The molecule has 0 amide bonds. The van der Waals surface area contributed by atoms with Gasteiger partial charge in [-0.2, -0.15) is 0 Å². The number of methoxy groups -OCH3 is 1. The van der Waals surface area contributed by atoms with Crippen LogP contribution >= 0.6 is 31.9 Å². The smallest absolute Gasteiger partial charge is 0.171 e. The van der Waals surface area contributed by atoms with Crippen LogP contribution in [0.5, 0.6) is 0 Å². The lowest BCUT2D eigenvalue weighted by molar-refractivity contribution is -0.865. The molecule has 0 aliphatic carbocycles. The number of likely N-dealkylation sites (N-methyl/N-ethyl adjacent to an activating group) is 1. The fraction of sp³-hybridized carbons (Fsp3) is 0.500. The zero-order valence-corrected chi connectivity index (χ0v) is 14.5. The maximum Gasteiger partial charge on any atom is 0.171 e. The third kappa shape index (κ3) is 6.36. The number of alkyl halides is 2. The number of quaternary nitrogens is 1. The van der Waals surface area contributed by atoms with E-state index in [4.69, 9.17) is 4.74 Å². The van der Waals surface area contributed by atoms with Crippen molar-refractivity contribution in [3.05, 3.63) is 41.4 Å². The first-order valence-corrected chi connectivity index (χ1v) is 8.41. The lowest BCUT2D eigenvalue weighted by Crippen LogP contribution is -3.06. The van der Waals surface area contributed by atoms with Crippen LogP contribution in [0, 0.1) is 6.54 Å². The first kappa shape index (κ1) is 17.1. The van der Waals surface area contributed by atoms with Crippen molar-refractivity contribution >= 4 is 31.9 Å². The summed E-state index contributed by atoms with van der Waals surface area (Å²) in [7, 11) is 3.63. The lowest BCUT2D eigenvalue weighted by atomic mass is 10.1. The molecule has 0 aromatic heterocycles. The second kappa shape index (κ2) is 9.08. The number of nitrogens with one attached hydrogen (secondary N) is 1. The largest absolute Gasteiger partial charge is 0.384 e. The van der Waals surface area contributed by atoms with Crippen LogP contribution in [0.25, 0.3) is 0 Å². The molecule has 0 aliphatic heterocycles. The molecule has 2 N–H and O–H groups in total. The number of hydrogen-bond donors (Lipinski definition) is 2. The standard InChI is InChI=1S/C14H21Br2NO2/c1-17(9-14(18)10-19-2)8-13-4-11(6-15)3-12(5-13)7-16/h3-5,9,14,17-18H,6-8,10H2,1-2H3/q+1. The van der Waals surface area contributed by atoms with Crippen LogP contribution in [0.3, 0.4) is 0 Å². The van der Waals surface area contributed by atoms with Crippen molar-refractivity contribution in [3.63, 3.8) is 0 Å². The molecule has 0 bridgehead atoms. The minimum absolute atomic E-state index is 0.339. The molecule has 1 aromatic rings. The highest BCUT2D eigenvalue weighted by Crippen LogP contribution is 2.15. The minimum atomic E-state index is -0.528. The van der Waals surface area contributed by atoms with E-state index in [0.717, 1.165) is 22.1 Å². The van der Waals surface area contributed by atoms with Gasteiger partial charge in [0.15, 0.2) is 6.54 Å². The number of benzene rings is 1. The highest BCUT2D eigenvalue weighted by atomic mass is 79.9. The summed E-state index contributed by atoms with van der Waals surface area (Å²) in [6.45, 7) is 3.05. The van der Waals surface area contributed by atoms with Crippen LogP contribution < -0.4 is 4.90 Å². The molecule has 0 spiro atoms. The maximum atomic E-state index is 9.68. The first-order valence-electron chi connectivity index (χ1n) is 6.17. The molecule has 0 saturated heterocycles. The summed E-state index contributed by atoms with van der Waals surface area (Å²) < 4.78 is 4.92. The van der Waals surface area contributed by atoms with Crippen LogP contribution in [0.1, 0.15) is 16.7 Å². The molecule has 5 heteroatoms. The SMILES string of the molecule is COCC(O)[CH][NH+](C)Cc1cc(CBr)cc(CBr)c1. The Labute approximate surface area is 132 Å². The van der Waals surface area contributed by atoms with Crippen LogP contribution in [0.15, 0.2) is 18.2 Å². The molecule has 107 valence electrons. The molecular weight excluding hydrogens is 374 g/mol. The molecule has 19 heavy (non-hydrogen) atoms. The summed E-state index contributed by atoms with van der Waals surface area (Å²) in [6.07, 6.45) is -0.528. The van der Waals surface area contributed by atoms with Gasteiger partial charge in [0.25, 0.3) is 0 Å². The molecule has 0 aliphatic rings. The van der Waals surface area contributed by atoms with Crippen LogP contribution in [-0.4, -0.2) is 32.0 Å². The highest BCUT2D eigenvalue weighted by Gasteiger charge is 2.13. The fourth-order valence-corrected chi connectivity index (χ4v) is 2.67. The highest BCUT2D eigenvalue weighted by molar-refractivity contribution is 9.08. The average Bonchev–Trinajstić information content (AvgIpc) is 2.38. The third-order valence-electron chi connectivity index (χ3n) is 2.72. The molecule has 0 heterocycles. The van der Waals surface area contributed by atoms with Gasteiger partial charge in [-0.1, -0.05) is 37.9 Å². The van der Waals surface area contributed by atoms with Crippen LogP contribution in [0.4, 0.5) is 0 Å². The van der Waals surface area contributed by atoms with Crippen molar-refractivity contribution in [3.8, 4) is 0 Å². The Hall–Kier alpha value is 0.0600.